The Labute approximate surface area is 122 Å². The summed E-state index contributed by atoms with van der Waals surface area (Å²) >= 11 is 0. The summed E-state index contributed by atoms with van der Waals surface area (Å²) in [7, 11) is 1.70. The number of hydrogen-bond donors (Lipinski definition) is 2. The number of carbonyl (C=O) groups excluding carboxylic acids is 1. The van der Waals surface area contributed by atoms with Gasteiger partial charge in [0.05, 0.1) is 18.3 Å². The van der Waals surface area contributed by atoms with Crippen LogP contribution in [0.2, 0.25) is 0 Å². The predicted octanol–water partition coefficient (Wildman–Crippen LogP) is 1.40. The second kappa shape index (κ2) is 6.94. The van der Waals surface area contributed by atoms with E-state index in [0.29, 0.717) is 24.7 Å². The summed E-state index contributed by atoms with van der Waals surface area (Å²) in [4.78, 5) is 24.3. The summed E-state index contributed by atoms with van der Waals surface area (Å²) in [5.74, 6) is -0.749. The number of carbonyl (C=O) groups is 2. The van der Waals surface area contributed by atoms with Crippen molar-refractivity contribution in [1.82, 2.24) is 4.90 Å². The summed E-state index contributed by atoms with van der Waals surface area (Å²) in [5, 5.41) is 11.4. The molecule has 1 saturated heterocycles. The van der Waals surface area contributed by atoms with Gasteiger partial charge in [-0.05, 0) is 18.6 Å². The Morgan fingerprint density at radius 2 is 2.24 bits per heavy atom. The van der Waals surface area contributed by atoms with Gasteiger partial charge in [0, 0.05) is 13.7 Å². The molecule has 7 nitrogen and oxygen atoms in total. The molecule has 1 aliphatic rings. The summed E-state index contributed by atoms with van der Waals surface area (Å²) in [5.41, 5.74) is 0.439. The molecule has 1 aliphatic heterocycles. The van der Waals surface area contributed by atoms with E-state index < -0.39 is 12.6 Å². The molecule has 0 aromatic heterocycles. The average Bonchev–Trinajstić information content (AvgIpc) is 2.99. The number of carboxylic acid groups (broad SMARTS) is 1. The second-order valence-corrected chi connectivity index (χ2v) is 4.74. The van der Waals surface area contributed by atoms with E-state index in [-0.39, 0.29) is 12.1 Å². The number of rotatable bonds is 5. The van der Waals surface area contributed by atoms with Gasteiger partial charge in [-0.2, -0.15) is 0 Å². The molecule has 0 bridgehead atoms. The fourth-order valence-electron chi connectivity index (χ4n) is 2.03. The zero-order valence-electron chi connectivity index (χ0n) is 11.7. The van der Waals surface area contributed by atoms with Crippen molar-refractivity contribution in [3.8, 4) is 5.75 Å². The first-order chi connectivity index (χ1) is 10.1. The first-order valence-corrected chi connectivity index (χ1v) is 6.63. The van der Waals surface area contributed by atoms with Crippen molar-refractivity contribution < 1.29 is 24.2 Å². The van der Waals surface area contributed by atoms with Crippen LogP contribution in [0.1, 0.15) is 6.42 Å². The monoisotopic (exact) mass is 294 g/mol. The number of anilines is 1. The van der Waals surface area contributed by atoms with E-state index in [4.69, 9.17) is 14.6 Å². The van der Waals surface area contributed by atoms with Crippen LogP contribution in [0.15, 0.2) is 24.3 Å². The minimum atomic E-state index is -1.07. The highest BCUT2D eigenvalue weighted by atomic mass is 16.5. The maximum absolute atomic E-state index is 12.2. The minimum Gasteiger partial charge on any atom is -0.480 e. The fraction of sp³-hybridized carbons (Fsp3) is 0.429. The molecule has 0 saturated carbocycles. The van der Waals surface area contributed by atoms with E-state index in [1.807, 2.05) is 0 Å². The first-order valence-electron chi connectivity index (χ1n) is 6.63. The van der Waals surface area contributed by atoms with Gasteiger partial charge < -0.3 is 24.8 Å². The van der Waals surface area contributed by atoms with Crippen LogP contribution in [-0.4, -0.2) is 54.9 Å². The lowest BCUT2D eigenvalue weighted by atomic mass is 10.2. The van der Waals surface area contributed by atoms with E-state index in [2.05, 4.69) is 5.32 Å². The van der Waals surface area contributed by atoms with Crippen molar-refractivity contribution >= 4 is 17.7 Å². The highest BCUT2D eigenvalue weighted by Crippen LogP contribution is 2.24. The number of nitrogens with zero attached hydrogens (tertiary/aromatic N) is 1. The Morgan fingerprint density at radius 1 is 1.48 bits per heavy atom. The zero-order chi connectivity index (χ0) is 15.2. The number of amides is 2. The van der Waals surface area contributed by atoms with Crippen LogP contribution in [-0.2, 0) is 9.53 Å². The van der Waals surface area contributed by atoms with Crippen molar-refractivity contribution in [3.63, 3.8) is 0 Å². The number of nitrogens with one attached hydrogen (secondary N) is 1. The molecule has 1 aromatic carbocycles. The molecule has 1 aromatic rings. The molecule has 2 N–H and O–H groups in total. The molecule has 0 radical (unpaired) electrons. The van der Waals surface area contributed by atoms with Gasteiger partial charge in [-0.15, -0.1) is 0 Å². The van der Waals surface area contributed by atoms with Gasteiger partial charge in [-0.3, -0.25) is 0 Å². The molecule has 2 amide bonds. The van der Waals surface area contributed by atoms with Gasteiger partial charge in [0.2, 0.25) is 0 Å². The molecular weight excluding hydrogens is 276 g/mol. The molecule has 7 heteroatoms. The van der Waals surface area contributed by atoms with Crippen molar-refractivity contribution in [1.29, 1.82) is 0 Å². The number of urea groups is 1. The molecule has 21 heavy (non-hydrogen) atoms. The lowest BCUT2D eigenvalue weighted by molar-refractivity contribution is -0.139. The predicted molar refractivity (Wildman–Crippen MR) is 75.6 cm³/mol. The van der Waals surface area contributed by atoms with Crippen molar-refractivity contribution in [2.75, 3.05) is 32.2 Å². The number of carboxylic acids is 1. The third kappa shape index (κ3) is 4.09. The smallest absolute Gasteiger partial charge is 0.341 e. The molecule has 1 atom stereocenters. The SMILES string of the molecule is CN(C(=O)Nc1ccccc1OCC(=O)O)C1CCOC1. The molecule has 2 rings (SSSR count). The Bertz CT molecular complexity index is 514. The number of benzene rings is 1. The molecular formula is C14H18N2O5. The van der Waals surface area contributed by atoms with Gasteiger partial charge in [-0.25, -0.2) is 9.59 Å². The van der Waals surface area contributed by atoms with Gasteiger partial charge in [0.1, 0.15) is 5.75 Å². The van der Waals surface area contributed by atoms with Crippen molar-refractivity contribution in [3.05, 3.63) is 24.3 Å². The molecule has 0 aliphatic carbocycles. The average molecular weight is 294 g/mol. The van der Waals surface area contributed by atoms with Gasteiger partial charge in [0.25, 0.3) is 0 Å². The van der Waals surface area contributed by atoms with E-state index in [9.17, 15) is 9.59 Å². The van der Waals surface area contributed by atoms with Crippen LogP contribution >= 0.6 is 0 Å². The van der Waals surface area contributed by atoms with E-state index in [0.717, 1.165) is 6.42 Å². The van der Waals surface area contributed by atoms with E-state index >= 15 is 0 Å². The summed E-state index contributed by atoms with van der Waals surface area (Å²) in [6.07, 6.45) is 0.807. The lowest BCUT2D eigenvalue weighted by Gasteiger charge is -2.24. The van der Waals surface area contributed by atoms with Crippen molar-refractivity contribution in [2.24, 2.45) is 0 Å². The summed E-state index contributed by atoms with van der Waals surface area (Å²) in [6, 6.07) is 6.49. The highest BCUT2D eigenvalue weighted by molar-refractivity contribution is 5.91. The third-order valence-electron chi connectivity index (χ3n) is 3.25. The normalized spacial score (nSPS) is 17.3. The minimum absolute atomic E-state index is 0.0529. The maximum Gasteiger partial charge on any atom is 0.341 e. The highest BCUT2D eigenvalue weighted by Gasteiger charge is 2.24. The van der Waals surface area contributed by atoms with Crippen LogP contribution in [0.5, 0.6) is 5.75 Å². The maximum atomic E-state index is 12.2. The zero-order valence-corrected chi connectivity index (χ0v) is 11.7. The third-order valence-corrected chi connectivity index (χ3v) is 3.25. The Morgan fingerprint density at radius 3 is 2.90 bits per heavy atom. The molecule has 1 unspecified atom stereocenters. The van der Waals surface area contributed by atoms with Crippen molar-refractivity contribution in [2.45, 2.75) is 12.5 Å². The number of ether oxygens (including phenoxy) is 2. The summed E-state index contributed by atoms with van der Waals surface area (Å²) < 4.78 is 10.4. The van der Waals surface area contributed by atoms with E-state index in [1.54, 1.807) is 36.2 Å². The number of likely N-dealkylation sites (N-methyl/N-ethyl adjacent to an activating group) is 1. The lowest BCUT2D eigenvalue weighted by Crippen LogP contribution is -2.40. The fourth-order valence-corrected chi connectivity index (χ4v) is 2.03. The largest absolute Gasteiger partial charge is 0.480 e. The van der Waals surface area contributed by atoms with Gasteiger partial charge in [-0.1, -0.05) is 12.1 Å². The Kier molecular flexibility index (Phi) is 4.99. The van der Waals surface area contributed by atoms with E-state index in [1.165, 1.54) is 0 Å². The van der Waals surface area contributed by atoms with Crippen LogP contribution in [0.3, 0.4) is 0 Å². The Hall–Kier alpha value is -2.28. The van der Waals surface area contributed by atoms with Crippen LogP contribution in [0, 0.1) is 0 Å². The van der Waals surface area contributed by atoms with Gasteiger partial charge >= 0.3 is 12.0 Å². The van der Waals surface area contributed by atoms with Crippen LogP contribution in [0.25, 0.3) is 0 Å². The Balaban J connectivity index is 2.00. The number of para-hydroxylation sites is 2. The molecule has 1 heterocycles. The molecule has 0 spiro atoms. The summed E-state index contributed by atoms with van der Waals surface area (Å²) in [6.45, 7) is 0.723. The molecule has 114 valence electrons. The standard InChI is InChI=1S/C14H18N2O5/c1-16(10-6-7-20-8-10)14(19)15-11-4-2-3-5-12(11)21-9-13(17)18/h2-5,10H,6-9H2,1H3,(H,15,19)(H,17,18). The molecule has 1 fully saturated rings. The first kappa shape index (κ1) is 15.1. The topological polar surface area (TPSA) is 88.1 Å². The quantitative estimate of drug-likeness (QED) is 0.857. The van der Waals surface area contributed by atoms with Crippen LogP contribution in [0.4, 0.5) is 10.5 Å². The number of hydrogen-bond acceptors (Lipinski definition) is 4. The van der Waals surface area contributed by atoms with Gasteiger partial charge in [0.15, 0.2) is 6.61 Å². The van der Waals surface area contributed by atoms with Crippen LogP contribution < -0.4 is 10.1 Å². The number of aliphatic carboxylic acids is 1. The second-order valence-electron chi connectivity index (χ2n) is 4.74.